The van der Waals surface area contributed by atoms with Gasteiger partial charge in [-0.2, -0.15) is 0 Å². The fourth-order valence-corrected chi connectivity index (χ4v) is 2.50. The van der Waals surface area contributed by atoms with Crippen molar-refractivity contribution in [1.82, 2.24) is 0 Å². The lowest BCUT2D eigenvalue weighted by Crippen LogP contribution is -2.38. The van der Waals surface area contributed by atoms with E-state index in [1.165, 1.54) is 0 Å². The average Bonchev–Trinajstić information content (AvgIpc) is 2.50. The Morgan fingerprint density at radius 1 is 1.24 bits per heavy atom. The number of hydrogen-bond acceptors (Lipinski definition) is 3. The molecular formula is C16H12ClNO3. The number of amides is 1. The van der Waals surface area contributed by atoms with Crippen molar-refractivity contribution in [3.8, 4) is 5.75 Å². The minimum atomic E-state index is -0.148. The summed E-state index contributed by atoms with van der Waals surface area (Å²) in [5.74, 6) is 0.452. The Balaban J connectivity index is 1.98. The van der Waals surface area contributed by atoms with Crippen LogP contribution in [-0.2, 0) is 11.3 Å². The van der Waals surface area contributed by atoms with Crippen LogP contribution in [0.25, 0.3) is 0 Å². The molecule has 0 aromatic heterocycles. The standard InChI is InChI=1S/C16H12ClNO3/c17-13-3-1-2-11(6-13)8-18-14-7-12(9-19)4-5-15(14)21-10-16(18)20/h1-7,9H,8,10H2. The van der Waals surface area contributed by atoms with Crippen molar-refractivity contribution in [3.05, 3.63) is 58.6 Å². The predicted molar refractivity (Wildman–Crippen MR) is 80.0 cm³/mol. The Morgan fingerprint density at radius 3 is 2.86 bits per heavy atom. The summed E-state index contributed by atoms with van der Waals surface area (Å²) in [5, 5.41) is 0.620. The van der Waals surface area contributed by atoms with Crippen molar-refractivity contribution < 1.29 is 14.3 Å². The number of ether oxygens (including phenoxy) is 1. The summed E-state index contributed by atoms with van der Waals surface area (Å²) in [6, 6.07) is 12.4. The SMILES string of the molecule is O=Cc1ccc2c(c1)N(Cc1cccc(Cl)c1)C(=O)CO2. The number of benzene rings is 2. The fraction of sp³-hybridized carbons (Fsp3) is 0.125. The number of rotatable bonds is 3. The zero-order valence-electron chi connectivity index (χ0n) is 11.1. The minimum Gasteiger partial charge on any atom is -0.482 e. The third kappa shape index (κ3) is 2.76. The molecule has 1 heterocycles. The molecule has 2 aromatic carbocycles. The first-order valence-corrected chi connectivity index (χ1v) is 6.82. The maximum Gasteiger partial charge on any atom is 0.265 e. The van der Waals surface area contributed by atoms with Crippen LogP contribution in [-0.4, -0.2) is 18.8 Å². The zero-order valence-corrected chi connectivity index (χ0v) is 11.8. The largest absolute Gasteiger partial charge is 0.482 e. The number of aldehydes is 1. The van der Waals surface area contributed by atoms with Gasteiger partial charge in [0.15, 0.2) is 6.61 Å². The summed E-state index contributed by atoms with van der Waals surface area (Å²) in [6.07, 6.45) is 0.747. The molecule has 0 radical (unpaired) electrons. The topological polar surface area (TPSA) is 46.6 Å². The highest BCUT2D eigenvalue weighted by Crippen LogP contribution is 2.33. The molecule has 0 spiro atoms. The first kappa shape index (κ1) is 13.6. The van der Waals surface area contributed by atoms with Crippen LogP contribution in [0.4, 0.5) is 5.69 Å². The van der Waals surface area contributed by atoms with Crippen LogP contribution >= 0.6 is 11.6 Å². The van der Waals surface area contributed by atoms with Gasteiger partial charge in [0.2, 0.25) is 0 Å². The molecule has 0 saturated carbocycles. The number of nitrogens with zero attached hydrogens (tertiary/aromatic N) is 1. The second-order valence-corrected chi connectivity index (χ2v) is 5.18. The normalized spacial score (nSPS) is 13.6. The molecule has 5 heteroatoms. The molecule has 0 fully saturated rings. The van der Waals surface area contributed by atoms with Crippen molar-refractivity contribution >= 4 is 29.5 Å². The highest BCUT2D eigenvalue weighted by atomic mass is 35.5. The lowest BCUT2D eigenvalue weighted by molar-refractivity contribution is -0.121. The van der Waals surface area contributed by atoms with E-state index in [0.717, 1.165) is 11.8 Å². The summed E-state index contributed by atoms with van der Waals surface area (Å²) >= 11 is 5.97. The molecule has 0 atom stereocenters. The van der Waals surface area contributed by atoms with Gasteiger partial charge in [0.25, 0.3) is 5.91 Å². The van der Waals surface area contributed by atoms with Crippen LogP contribution in [0.1, 0.15) is 15.9 Å². The van der Waals surface area contributed by atoms with Gasteiger partial charge >= 0.3 is 0 Å². The fourth-order valence-electron chi connectivity index (χ4n) is 2.28. The molecule has 0 N–H and O–H groups in total. The third-order valence-electron chi connectivity index (χ3n) is 3.29. The van der Waals surface area contributed by atoms with Gasteiger partial charge in [0.1, 0.15) is 12.0 Å². The number of anilines is 1. The Labute approximate surface area is 126 Å². The van der Waals surface area contributed by atoms with Crippen molar-refractivity contribution in [2.75, 3.05) is 11.5 Å². The number of hydrogen-bond donors (Lipinski definition) is 0. The quantitative estimate of drug-likeness (QED) is 0.819. The average molecular weight is 302 g/mol. The van der Waals surface area contributed by atoms with Gasteiger partial charge in [-0.15, -0.1) is 0 Å². The maximum atomic E-state index is 12.1. The van der Waals surface area contributed by atoms with Gasteiger partial charge < -0.3 is 9.64 Å². The van der Waals surface area contributed by atoms with E-state index in [1.54, 1.807) is 29.2 Å². The summed E-state index contributed by atoms with van der Waals surface area (Å²) in [6.45, 7) is 0.381. The van der Waals surface area contributed by atoms with Crippen molar-refractivity contribution in [3.63, 3.8) is 0 Å². The maximum absolute atomic E-state index is 12.1. The van der Waals surface area contributed by atoms with E-state index in [9.17, 15) is 9.59 Å². The summed E-state index contributed by atoms with van der Waals surface area (Å²) < 4.78 is 5.39. The van der Waals surface area contributed by atoms with Crippen LogP contribution in [0.2, 0.25) is 5.02 Å². The van der Waals surface area contributed by atoms with Crippen LogP contribution in [0.3, 0.4) is 0 Å². The van der Waals surface area contributed by atoms with Gasteiger partial charge in [0, 0.05) is 10.6 Å². The highest BCUT2D eigenvalue weighted by molar-refractivity contribution is 6.30. The molecule has 21 heavy (non-hydrogen) atoms. The summed E-state index contributed by atoms with van der Waals surface area (Å²) in [7, 11) is 0. The molecule has 106 valence electrons. The van der Waals surface area contributed by atoms with Crippen LogP contribution < -0.4 is 9.64 Å². The second kappa shape index (κ2) is 5.58. The Hall–Kier alpha value is -2.33. The van der Waals surface area contributed by atoms with Gasteiger partial charge in [-0.25, -0.2) is 0 Å². The molecule has 1 aliphatic rings. The number of carbonyl (C=O) groups is 2. The molecule has 1 aliphatic heterocycles. The number of carbonyl (C=O) groups excluding carboxylic acids is 2. The smallest absolute Gasteiger partial charge is 0.265 e. The monoisotopic (exact) mass is 301 g/mol. The zero-order chi connectivity index (χ0) is 14.8. The van der Waals surface area contributed by atoms with Crippen LogP contribution in [0.5, 0.6) is 5.75 Å². The molecule has 0 unspecified atom stereocenters. The molecular weight excluding hydrogens is 290 g/mol. The summed E-state index contributed by atoms with van der Waals surface area (Å²) in [5.41, 5.74) is 2.03. The first-order valence-electron chi connectivity index (χ1n) is 6.44. The van der Waals surface area contributed by atoms with E-state index < -0.39 is 0 Å². The van der Waals surface area contributed by atoms with E-state index >= 15 is 0 Å². The molecule has 0 aliphatic carbocycles. The van der Waals surface area contributed by atoms with E-state index in [0.29, 0.717) is 28.6 Å². The van der Waals surface area contributed by atoms with E-state index in [-0.39, 0.29) is 12.5 Å². The lowest BCUT2D eigenvalue weighted by Gasteiger charge is -2.29. The van der Waals surface area contributed by atoms with Crippen molar-refractivity contribution in [2.45, 2.75) is 6.54 Å². The van der Waals surface area contributed by atoms with Gasteiger partial charge in [-0.05, 0) is 35.9 Å². The van der Waals surface area contributed by atoms with Gasteiger partial charge in [0.05, 0.1) is 12.2 Å². The summed E-state index contributed by atoms with van der Waals surface area (Å²) in [4.78, 5) is 24.7. The minimum absolute atomic E-state index is 0.00595. The van der Waals surface area contributed by atoms with Gasteiger partial charge in [-0.3, -0.25) is 9.59 Å². The Kier molecular flexibility index (Phi) is 3.62. The number of halogens is 1. The second-order valence-electron chi connectivity index (χ2n) is 4.74. The predicted octanol–water partition coefficient (Wildman–Crippen LogP) is 3.08. The first-order chi connectivity index (χ1) is 10.2. The molecule has 1 amide bonds. The van der Waals surface area contributed by atoms with Crippen LogP contribution in [0.15, 0.2) is 42.5 Å². The molecule has 2 aromatic rings. The Bertz CT molecular complexity index is 714. The molecule has 4 nitrogen and oxygen atoms in total. The van der Waals surface area contributed by atoms with E-state index in [4.69, 9.17) is 16.3 Å². The molecule has 3 rings (SSSR count). The van der Waals surface area contributed by atoms with E-state index in [1.807, 2.05) is 18.2 Å². The molecule has 0 bridgehead atoms. The van der Waals surface area contributed by atoms with Gasteiger partial charge in [-0.1, -0.05) is 23.7 Å². The lowest BCUT2D eigenvalue weighted by atomic mass is 10.1. The van der Waals surface area contributed by atoms with Crippen molar-refractivity contribution in [2.24, 2.45) is 0 Å². The van der Waals surface area contributed by atoms with E-state index in [2.05, 4.69) is 0 Å². The number of fused-ring (bicyclic) bond motifs is 1. The van der Waals surface area contributed by atoms with Crippen molar-refractivity contribution in [1.29, 1.82) is 0 Å². The van der Waals surface area contributed by atoms with Crippen LogP contribution in [0, 0.1) is 0 Å². The third-order valence-corrected chi connectivity index (χ3v) is 3.53. The highest BCUT2D eigenvalue weighted by Gasteiger charge is 2.25. The molecule has 0 saturated heterocycles. The Morgan fingerprint density at radius 2 is 2.10 bits per heavy atom.